The summed E-state index contributed by atoms with van der Waals surface area (Å²) in [6.07, 6.45) is 2.94. The number of sulfone groups is 1. The first-order valence-corrected chi connectivity index (χ1v) is 10.0. The van der Waals surface area contributed by atoms with E-state index in [1.165, 1.54) is 17.5 Å². The van der Waals surface area contributed by atoms with Gasteiger partial charge in [0.15, 0.2) is 5.96 Å². The Morgan fingerprint density at radius 3 is 2.62 bits per heavy atom. The van der Waals surface area contributed by atoms with Gasteiger partial charge in [0.2, 0.25) is 0 Å². The van der Waals surface area contributed by atoms with Gasteiger partial charge in [0.25, 0.3) is 0 Å². The first-order valence-electron chi connectivity index (χ1n) is 7.96. The fraction of sp³-hybridized carbons (Fsp3) is 0.588. The first kappa shape index (κ1) is 21.2. The molecule has 0 aromatic heterocycles. The van der Waals surface area contributed by atoms with Crippen molar-refractivity contribution in [2.75, 3.05) is 37.0 Å². The van der Waals surface area contributed by atoms with Crippen LogP contribution in [0.4, 0.5) is 5.69 Å². The number of nitrogens with one attached hydrogen (secondary N) is 1. The Labute approximate surface area is 162 Å². The van der Waals surface area contributed by atoms with Crippen molar-refractivity contribution in [2.45, 2.75) is 26.7 Å². The third kappa shape index (κ3) is 5.91. The second-order valence-corrected chi connectivity index (χ2v) is 9.23. The Morgan fingerprint density at radius 2 is 2.00 bits per heavy atom. The standard InChI is InChI=1S/C17H27N3O2S.HI/c1-17(2,10-12-23(4,21)22)13-19-16(18-3)20-11-9-14-7-5-6-8-15(14)20;/h5-8H,9-13H2,1-4H3,(H,18,19);1H. The third-order valence-corrected chi connectivity index (χ3v) is 5.18. The van der Waals surface area contributed by atoms with Crippen LogP contribution >= 0.6 is 24.0 Å². The van der Waals surface area contributed by atoms with E-state index in [2.05, 4.69) is 47.3 Å². The molecule has 0 radical (unpaired) electrons. The van der Waals surface area contributed by atoms with Gasteiger partial charge in [0.05, 0.1) is 5.75 Å². The van der Waals surface area contributed by atoms with Crippen LogP contribution in [-0.2, 0) is 16.3 Å². The number of rotatable bonds is 5. The molecule has 0 amide bonds. The lowest BCUT2D eigenvalue weighted by atomic mass is 9.90. The smallest absolute Gasteiger partial charge is 0.198 e. The van der Waals surface area contributed by atoms with Crippen molar-refractivity contribution in [1.29, 1.82) is 0 Å². The van der Waals surface area contributed by atoms with Gasteiger partial charge in [-0.15, -0.1) is 24.0 Å². The van der Waals surface area contributed by atoms with E-state index in [-0.39, 0.29) is 35.1 Å². The zero-order chi connectivity index (χ0) is 17.1. The van der Waals surface area contributed by atoms with Crippen LogP contribution in [0.2, 0.25) is 0 Å². The minimum Gasteiger partial charge on any atom is -0.355 e. The summed E-state index contributed by atoms with van der Waals surface area (Å²) in [4.78, 5) is 6.59. The molecule has 136 valence electrons. The van der Waals surface area contributed by atoms with Crippen molar-refractivity contribution in [2.24, 2.45) is 10.4 Å². The number of anilines is 1. The van der Waals surface area contributed by atoms with Crippen LogP contribution in [0.25, 0.3) is 0 Å². The number of benzene rings is 1. The van der Waals surface area contributed by atoms with E-state index in [1.54, 1.807) is 7.05 Å². The maximum absolute atomic E-state index is 11.4. The summed E-state index contributed by atoms with van der Waals surface area (Å²) in [5, 5.41) is 3.41. The lowest BCUT2D eigenvalue weighted by Crippen LogP contribution is -2.44. The lowest BCUT2D eigenvalue weighted by molar-refractivity contribution is 0.349. The molecule has 1 N–H and O–H groups in total. The van der Waals surface area contributed by atoms with E-state index in [9.17, 15) is 8.42 Å². The molecule has 0 saturated heterocycles. The molecule has 0 bridgehead atoms. The van der Waals surface area contributed by atoms with E-state index in [1.807, 2.05) is 6.07 Å². The maximum atomic E-state index is 11.4. The fourth-order valence-corrected chi connectivity index (χ4v) is 3.65. The third-order valence-electron chi connectivity index (χ3n) is 4.23. The number of hydrogen-bond acceptors (Lipinski definition) is 3. The lowest BCUT2D eigenvalue weighted by Gasteiger charge is -2.29. The average molecular weight is 465 g/mol. The van der Waals surface area contributed by atoms with Crippen LogP contribution in [0.15, 0.2) is 29.3 Å². The second kappa shape index (κ2) is 8.51. The molecule has 1 aliphatic heterocycles. The molecule has 1 aromatic rings. The summed E-state index contributed by atoms with van der Waals surface area (Å²) >= 11 is 0. The van der Waals surface area contributed by atoms with E-state index in [4.69, 9.17) is 0 Å². The van der Waals surface area contributed by atoms with Gasteiger partial charge in [-0.25, -0.2) is 8.42 Å². The topological polar surface area (TPSA) is 61.8 Å². The summed E-state index contributed by atoms with van der Waals surface area (Å²) in [7, 11) is -1.14. The van der Waals surface area contributed by atoms with Gasteiger partial charge in [-0.2, -0.15) is 0 Å². The normalized spacial score (nSPS) is 15.0. The SMILES string of the molecule is CN=C(NCC(C)(C)CCS(C)(=O)=O)N1CCc2ccccc21.I. The van der Waals surface area contributed by atoms with E-state index >= 15 is 0 Å². The first-order chi connectivity index (χ1) is 10.7. The van der Waals surface area contributed by atoms with Gasteiger partial charge < -0.3 is 10.2 Å². The second-order valence-electron chi connectivity index (χ2n) is 6.98. The van der Waals surface area contributed by atoms with Crippen LogP contribution in [0.3, 0.4) is 0 Å². The van der Waals surface area contributed by atoms with Gasteiger partial charge >= 0.3 is 0 Å². The van der Waals surface area contributed by atoms with Crippen LogP contribution in [0.1, 0.15) is 25.8 Å². The van der Waals surface area contributed by atoms with Crippen LogP contribution in [0, 0.1) is 5.41 Å². The summed E-state index contributed by atoms with van der Waals surface area (Å²) in [5.41, 5.74) is 2.43. The Hall–Kier alpha value is -0.830. The molecule has 0 spiro atoms. The number of nitrogens with zero attached hydrogens (tertiary/aromatic N) is 2. The van der Waals surface area contributed by atoms with Crippen molar-refractivity contribution in [3.63, 3.8) is 0 Å². The molecule has 0 unspecified atom stereocenters. The van der Waals surface area contributed by atoms with Gasteiger partial charge in [-0.05, 0) is 29.9 Å². The Kier molecular flexibility index (Phi) is 7.52. The monoisotopic (exact) mass is 465 g/mol. The molecule has 0 aliphatic carbocycles. The fourth-order valence-electron chi connectivity index (χ4n) is 2.72. The molecule has 1 aromatic carbocycles. The highest BCUT2D eigenvalue weighted by atomic mass is 127. The largest absolute Gasteiger partial charge is 0.355 e. The highest BCUT2D eigenvalue weighted by Crippen LogP contribution is 2.27. The predicted octanol–water partition coefficient (Wildman–Crippen LogP) is 2.70. The highest BCUT2D eigenvalue weighted by Gasteiger charge is 2.25. The van der Waals surface area contributed by atoms with Gasteiger partial charge in [0, 0.05) is 32.1 Å². The molecule has 1 aliphatic rings. The van der Waals surface area contributed by atoms with E-state index in [0.29, 0.717) is 13.0 Å². The Balaban J connectivity index is 0.00000288. The summed E-state index contributed by atoms with van der Waals surface area (Å²) in [5.74, 6) is 1.06. The van der Waals surface area contributed by atoms with Crippen molar-refractivity contribution in [1.82, 2.24) is 5.32 Å². The van der Waals surface area contributed by atoms with Gasteiger partial charge in [-0.3, -0.25) is 4.99 Å². The Morgan fingerprint density at radius 1 is 1.33 bits per heavy atom. The van der Waals surface area contributed by atoms with E-state index < -0.39 is 9.84 Å². The number of guanidine groups is 1. The van der Waals surface area contributed by atoms with Crippen LogP contribution < -0.4 is 10.2 Å². The number of fused-ring (bicyclic) bond motifs is 1. The number of aliphatic imine (C=N–C) groups is 1. The summed E-state index contributed by atoms with van der Waals surface area (Å²) < 4.78 is 22.7. The molecule has 0 saturated carbocycles. The van der Waals surface area contributed by atoms with Gasteiger partial charge in [0.1, 0.15) is 9.84 Å². The van der Waals surface area contributed by atoms with Crippen LogP contribution in [0.5, 0.6) is 0 Å². The van der Waals surface area contributed by atoms with Crippen LogP contribution in [-0.4, -0.2) is 46.5 Å². The minimum absolute atomic E-state index is 0. The molecule has 5 nitrogen and oxygen atoms in total. The van der Waals surface area contributed by atoms with Crippen molar-refractivity contribution >= 4 is 45.5 Å². The van der Waals surface area contributed by atoms with E-state index in [0.717, 1.165) is 18.9 Å². The zero-order valence-corrected chi connectivity index (χ0v) is 18.0. The van der Waals surface area contributed by atoms with Crippen molar-refractivity contribution in [3.05, 3.63) is 29.8 Å². The molecule has 2 rings (SSSR count). The maximum Gasteiger partial charge on any atom is 0.198 e. The van der Waals surface area contributed by atoms with Crippen molar-refractivity contribution in [3.8, 4) is 0 Å². The zero-order valence-electron chi connectivity index (χ0n) is 14.9. The quantitative estimate of drug-likeness (QED) is 0.413. The van der Waals surface area contributed by atoms with Gasteiger partial charge in [-0.1, -0.05) is 32.0 Å². The molecule has 0 atom stereocenters. The van der Waals surface area contributed by atoms with Crippen molar-refractivity contribution < 1.29 is 8.42 Å². The molecular formula is C17H28IN3O2S. The predicted molar refractivity (Wildman–Crippen MR) is 112 cm³/mol. The molecule has 0 fully saturated rings. The minimum atomic E-state index is -2.93. The number of hydrogen-bond donors (Lipinski definition) is 1. The average Bonchev–Trinajstić information content (AvgIpc) is 2.90. The molecule has 7 heteroatoms. The summed E-state index contributed by atoms with van der Waals surface area (Å²) in [6, 6.07) is 8.37. The highest BCUT2D eigenvalue weighted by molar-refractivity contribution is 14.0. The Bertz CT molecular complexity index is 687. The molecular weight excluding hydrogens is 437 g/mol. The number of para-hydroxylation sites is 1. The molecule has 1 heterocycles. The number of halogens is 1. The molecule has 24 heavy (non-hydrogen) atoms. The summed E-state index contributed by atoms with van der Waals surface area (Å²) in [6.45, 7) is 5.77.